The van der Waals surface area contributed by atoms with Crippen LogP contribution in [0.5, 0.6) is 0 Å². The van der Waals surface area contributed by atoms with Crippen LogP contribution in [0.3, 0.4) is 0 Å². The smallest absolute Gasteiger partial charge is 0.258 e. The van der Waals surface area contributed by atoms with Crippen molar-refractivity contribution in [3.63, 3.8) is 0 Å². The zero-order valence-corrected chi connectivity index (χ0v) is 30.4. The molecule has 0 N–H and O–H groups in total. The van der Waals surface area contributed by atoms with E-state index in [-0.39, 0.29) is 34.1 Å². The fourth-order valence-electron chi connectivity index (χ4n) is 6.98. The largest absolute Gasteiger partial charge is 0.269 e. The van der Waals surface area contributed by atoms with Crippen molar-refractivity contribution in [2.75, 3.05) is 0 Å². The van der Waals surface area contributed by atoms with E-state index in [1.165, 1.54) is 146 Å². The average molecular weight is 805 g/mol. The summed E-state index contributed by atoms with van der Waals surface area (Å²) in [7, 11) is 0. The van der Waals surface area contributed by atoms with E-state index in [1.807, 2.05) is 0 Å². The molecule has 0 aliphatic rings. The highest BCUT2D eigenvalue weighted by Gasteiger charge is 2.31. The minimum atomic E-state index is -0.597. The lowest BCUT2D eigenvalue weighted by Gasteiger charge is -2.28. The Morgan fingerprint density at radius 3 is 0.383 bits per heavy atom. The Hall–Kier alpha value is -9.06. The molecule has 7 aromatic carbocycles. The molecule has 0 aliphatic carbocycles. The molecule has 18 nitrogen and oxygen atoms in total. The maximum atomic E-state index is 11.9. The quantitative estimate of drug-likeness (QED) is 0.0824. The fraction of sp³-hybridized carbons (Fsp3) is 0. The number of nitro groups is 6. The van der Waals surface area contributed by atoms with E-state index < -0.39 is 29.5 Å². The highest BCUT2D eigenvalue weighted by atomic mass is 16.6. The molecule has 0 heterocycles. The fourth-order valence-corrected chi connectivity index (χ4v) is 6.98. The number of hydrogen-bond donors (Lipinski definition) is 0. The van der Waals surface area contributed by atoms with Crippen molar-refractivity contribution in [3.05, 3.63) is 206 Å². The molecule has 0 radical (unpaired) electrons. The van der Waals surface area contributed by atoms with Crippen molar-refractivity contribution < 1.29 is 29.5 Å². The van der Waals surface area contributed by atoms with Crippen LogP contribution in [0.15, 0.2) is 146 Å². The van der Waals surface area contributed by atoms with Gasteiger partial charge in [-0.3, -0.25) is 60.7 Å². The second-order valence-electron chi connectivity index (χ2n) is 13.1. The van der Waals surface area contributed by atoms with Gasteiger partial charge in [0.1, 0.15) is 0 Å². The van der Waals surface area contributed by atoms with Crippen molar-refractivity contribution in [1.82, 2.24) is 0 Å². The molecule has 18 heteroatoms. The Kier molecular flexibility index (Phi) is 10.3. The average Bonchev–Trinajstić information content (AvgIpc) is 3.25. The first-order valence-corrected chi connectivity index (χ1v) is 17.5. The highest BCUT2D eigenvalue weighted by molar-refractivity contribution is 6.15. The Labute approximate surface area is 336 Å². The molecule has 294 valence electrons. The number of nitro benzene ring substituents is 6. The Morgan fingerprint density at radius 2 is 0.300 bits per heavy atom. The van der Waals surface area contributed by atoms with Gasteiger partial charge in [-0.1, -0.05) is 0 Å². The molecule has 7 rings (SSSR count). The van der Waals surface area contributed by atoms with Crippen molar-refractivity contribution in [3.8, 4) is 66.8 Å². The zero-order chi connectivity index (χ0) is 42.8. The van der Waals surface area contributed by atoms with Crippen LogP contribution in [0.2, 0.25) is 0 Å². The third kappa shape index (κ3) is 7.44. The Morgan fingerprint density at radius 1 is 0.200 bits per heavy atom. The maximum Gasteiger partial charge on any atom is 0.269 e. The van der Waals surface area contributed by atoms with Crippen LogP contribution in [0.1, 0.15) is 0 Å². The normalized spacial score (nSPS) is 10.8. The number of non-ortho nitro benzene ring substituents is 6. The molecule has 0 amide bonds. The summed E-state index contributed by atoms with van der Waals surface area (Å²) in [6, 6.07) is 32.8. The molecule has 0 fully saturated rings. The van der Waals surface area contributed by atoms with Crippen LogP contribution in [0.4, 0.5) is 34.1 Å². The predicted octanol–water partition coefficient (Wildman–Crippen LogP) is 11.1. The van der Waals surface area contributed by atoms with Gasteiger partial charge >= 0.3 is 0 Å². The van der Waals surface area contributed by atoms with Gasteiger partial charge in [-0.2, -0.15) is 0 Å². The molecule has 7 aromatic rings. The molecule has 0 aliphatic heterocycles. The molecule has 0 unspecified atom stereocenters. The summed E-state index contributed by atoms with van der Waals surface area (Å²) in [6.45, 7) is 0. The molecule has 0 spiro atoms. The molecule has 60 heavy (non-hydrogen) atoms. The SMILES string of the molecule is O=[N+]([O-])c1ccc(-c2c(-c3ccc([N+](=O)[O-])cc3)c(-c3ccc([N+](=O)[O-])cc3)c(-c3ccc([N+](=O)[O-])cc3)c(-c3ccc([N+](=O)[O-])cc3)c2-c2ccc([N+](=O)[O-])cc2)cc1. The summed E-state index contributed by atoms with van der Waals surface area (Å²) in [6.07, 6.45) is 0. The summed E-state index contributed by atoms with van der Waals surface area (Å²) in [5, 5.41) is 71.1. The summed E-state index contributed by atoms with van der Waals surface area (Å²) in [5.74, 6) is 0. The minimum Gasteiger partial charge on any atom is -0.258 e. The van der Waals surface area contributed by atoms with Gasteiger partial charge in [-0.05, 0) is 140 Å². The number of hydrogen-bond acceptors (Lipinski definition) is 12. The number of benzene rings is 7. The first-order chi connectivity index (χ1) is 28.7. The van der Waals surface area contributed by atoms with Gasteiger partial charge in [0.05, 0.1) is 29.5 Å². The zero-order valence-electron chi connectivity index (χ0n) is 30.4. The van der Waals surface area contributed by atoms with Gasteiger partial charge < -0.3 is 0 Å². The Bertz CT molecular complexity index is 2350. The first kappa shape index (κ1) is 39.2. The first-order valence-electron chi connectivity index (χ1n) is 17.5. The maximum absolute atomic E-state index is 11.9. The summed E-state index contributed by atoms with van der Waals surface area (Å²) in [4.78, 5) is 67.5. The third-order valence-corrected chi connectivity index (χ3v) is 9.70. The molecule has 0 aromatic heterocycles. The topological polar surface area (TPSA) is 259 Å². The molecular formula is C42H24N6O12. The molecule has 0 saturated carbocycles. The summed E-state index contributed by atoms with van der Waals surface area (Å²) >= 11 is 0. The van der Waals surface area contributed by atoms with E-state index >= 15 is 0 Å². The van der Waals surface area contributed by atoms with Crippen molar-refractivity contribution in [1.29, 1.82) is 0 Å². The van der Waals surface area contributed by atoms with Crippen LogP contribution >= 0.6 is 0 Å². The van der Waals surface area contributed by atoms with Crippen molar-refractivity contribution >= 4 is 34.1 Å². The summed E-state index contributed by atoms with van der Waals surface area (Å²) in [5.41, 5.74) is 2.53. The lowest BCUT2D eigenvalue weighted by molar-refractivity contribution is -0.385. The van der Waals surface area contributed by atoms with Gasteiger partial charge in [0.25, 0.3) is 34.1 Å². The molecule has 0 saturated heterocycles. The second-order valence-corrected chi connectivity index (χ2v) is 13.1. The molecular weight excluding hydrogens is 780 g/mol. The van der Waals surface area contributed by atoms with Crippen LogP contribution in [0, 0.1) is 60.7 Å². The predicted molar refractivity (Wildman–Crippen MR) is 219 cm³/mol. The number of nitrogens with zero attached hydrogens (tertiary/aromatic N) is 6. The lowest BCUT2D eigenvalue weighted by atomic mass is 9.74. The van der Waals surface area contributed by atoms with Gasteiger partial charge in [-0.15, -0.1) is 0 Å². The standard InChI is InChI=1S/C42H24N6O12/c49-43(50)31-13-1-25(2-14-31)37-38(26-3-15-32(16-4-26)44(51)52)40(28-7-19-34(20-8-28)46(55)56)42(30-11-23-36(24-12-30)48(59)60)41(29-9-21-35(22-10-29)47(57)58)39(37)27-5-17-33(18-6-27)45(53)54/h1-24H. The van der Waals surface area contributed by atoms with Crippen molar-refractivity contribution in [2.45, 2.75) is 0 Å². The van der Waals surface area contributed by atoms with Gasteiger partial charge in [0, 0.05) is 72.8 Å². The van der Waals surface area contributed by atoms with E-state index in [2.05, 4.69) is 0 Å². The monoisotopic (exact) mass is 804 g/mol. The lowest BCUT2D eigenvalue weighted by Crippen LogP contribution is -2.03. The number of rotatable bonds is 12. The van der Waals surface area contributed by atoms with Crippen LogP contribution in [-0.2, 0) is 0 Å². The van der Waals surface area contributed by atoms with E-state index in [9.17, 15) is 60.7 Å². The van der Waals surface area contributed by atoms with Crippen LogP contribution in [0.25, 0.3) is 66.8 Å². The van der Waals surface area contributed by atoms with Crippen LogP contribution < -0.4 is 0 Å². The van der Waals surface area contributed by atoms with E-state index in [1.54, 1.807) is 0 Å². The highest BCUT2D eigenvalue weighted by Crippen LogP contribution is 2.56. The van der Waals surface area contributed by atoms with Gasteiger partial charge in [-0.25, -0.2) is 0 Å². The van der Waals surface area contributed by atoms with Gasteiger partial charge in [0.15, 0.2) is 0 Å². The molecule has 0 bridgehead atoms. The third-order valence-electron chi connectivity index (χ3n) is 9.70. The van der Waals surface area contributed by atoms with Crippen LogP contribution in [-0.4, -0.2) is 29.5 Å². The van der Waals surface area contributed by atoms with E-state index in [0.29, 0.717) is 66.8 Å². The summed E-state index contributed by atoms with van der Waals surface area (Å²) < 4.78 is 0. The minimum absolute atomic E-state index is 0.263. The van der Waals surface area contributed by atoms with E-state index in [0.717, 1.165) is 0 Å². The second kappa shape index (κ2) is 15.8. The molecule has 0 atom stereocenters. The Balaban J connectivity index is 1.80. The van der Waals surface area contributed by atoms with E-state index in [4.69, 9.17) is 0 Å². The van der Waals surface area contributed by atoms with Crippen molar-refractivity contribution in [2.24, 2.45) is 0 Å². The van der Waals surface area contributed by atoms with Gasteiger partial charge in [0.2, 0.25) is 0 Å².